The van der Waals surface area contributed by atoms with Crippen LogP contribution in [0.15, 0.2) is 90.0 Å². The number of benzene rings is 4. The Morgan fingerprint density at radius 1 is 0.905 bits per heavy atom. The molecule has 42 heavy (non-hydrogen) atoms. The van der Waals surface area contributed by atoms with Gasteiger partial charge in [-0.15, -0.1) is 0 Å². The molecule has 0 aliphatic carbocycles. The van der Waals surface area contributed by atoms with Crippen LogP contribution in [-0.4, -0.2) is 29.0 Å². The van der Waals surface area contributed by atoms with Crippen LogP contribution in [0.4, 0.5) is 0 Å². The monoisotopic (exact) mass is 555 g/mol. The Bertz CT molecular complexity index is 2050. The van der Waals surface area contributed by atoms with Crippen molar-refractivity contribution in [3.05, 3.63) is 112 Å². The van der Waals surface area contributed by atoms with E-state index in [-0.39, 0.29) is 5.56 Å². The molecule has 6 rings (SSSR count). The summed E-state index contributed by atoms with van der Waals surface area (Å²) in [5.74, 6) is 1.47. The van der Waals surface area contributed by atoms with Gasteiger partial charge in [0.05, 0.1) is 31.7 Å². The predicted molar refractivity (Wildman–Crippen MR) is 165 cm³/mol. The molecule has 208 valence electrons. The fourth-order valence-corrected chi connectivity index (χ4v) is 5.52. The van der Waals surface area contributed by atoms with Gasteiger partial charge >= 0.3 is 0 Å². The van der Waals surface area contributed by atoms with E-state index in [0.29, 0.717) is 24.0 Å². The second-order valence-electron chi connectivity index (χ2n) is 10.0. The van der Waals surface area contributed by atoms with Crippen LogP contribution in [0.2, 0.25) is 0 Å². The second-order valence-corrected chi connectivity index (χ2v) is 10.0. The zero-order valence-corrected chi connectivity index (χ0v) is 23.6. The molecule has 0 bridgehead atoms. The van der Waals surface area contributed by atoms with Crippen molar-refractivity contribution < 1.29 is 9.47 Å². The van der Waals surface area contributed by atoms with Gasteiger partial charge in [-0.3, -0.25) is 9.48 Å². The highest BCUT2D eigenvalue weighted by Gasteiger charge is 2.19. The number of pyridine rings is 1. The van der Waals surface area contributed by atoms with Crippen LogP contribution in [0.5, 0.6) is 11.5 Å². The lowest BCUT2D eigenvalue weighted by atomic mass is 9.93. The first-order valence-electron chi connectivity index (χ1n) is 13.5. The smallest absolute Gasteiger partial charge is 0.255 e. The highest BCUT2D eigenvalue weighted by molar-refractivity contribution is 5.97. The van der Waals surface area contributed by atoms with Gasteiger partial charge in [-0.2, -0.15) is 10.4 Å². The first kappa shape index (κ1) is 26.8. The van der Waals surface area contributed by atoms with Gasteiger partial charge in [0.2, 0.25) is 0 Å². The number of nitriles is 1. The topological polar surface area (TPSA) is 105 Å². The molecule has 0 saturated carbocycles. The van der Waals surface area contributed by atoms with Crippen LogP contribution in [0.1, 0.15) is 16.7 Å². The standard InChI is InChI=1S/C34H29N5O3/c1-39-33(27-12-9-21-6-4-5-7-26(21)30(27)16-35)31(20-38-39)22-10-13-28-29(14-22)24(19-37-34(28)40)18-36-17-23-8-11-25(41-2)15-32(23)42-3/h4-15,19-20,36H,17-18H2,1-3H3,(H,37,40). The summed E-state index contributed by atoms with van der Waals surface area (Å²) in [6, 6.07) is 25.9. The lowest BCUT2D eigenvalue weighted by Gasteiger charge is -2.13. The van der Waals surface area contributed by atoms with E-state index in [4.69, 9.17) is 9.47 Å². The number of methoxy groups -OCH3 is 2. The number of hydrogen-bond donors (Lipinski definition) is 2. The van der Waals surface area contributed by atoms with Crippen molar-refractivity contribution in [2.24, 2.45) is 7.05 Å². The molecule has 0 amide bonds. The Hall–Kier alpha value is -5.39. The molecule has 6 aromatic rings. The molecule has 0 unspecified atom stereocenters. The van der Waals surface area contributed by atoms with Gasteiger partial charge in [0.25, 0.3) is 5.56 Å². The fourth-order valence-electron chi connectivity index (χ4n) is 5.52. The van der Waals surface area contributed by atoms with Crippen molar-refractivity contribution in [2.75, 3.05) is 14.2 Å². The molecule has 0 atom stereocenters. The van der Waals surface area contributed by atoms with E-state index >= 15 is 0 Å². The summed E-state index contributed by atoms with van der Waals surface area (Å²) in [6.45, 7) is 1.09. The van der Waals surface area contributed by atoms with E-state index in [0.717, 1.165) is 61.2 Å². The lowest BCUT2D eigenvalue weighted by Crippen LogP contribution is -2.16. The zero-order valence-electron chi connectivity index (χ0n) is 23.6. The third-order valence-corrected chi connectivity index (χ3v) is 7.66. The molecule has 0 radical (unpaired) electrons. The summed E-state index contributed by atoms with van der Waals surface area (Å²) in [5.41, 5.74) is 5.85. The Morgan fingerprint density at radius 2 is 1.74 bits per heavy atom. The van der Waals surface area contributed by atoms with Gasteiger partial charge in [-0.25, -0.2) is 0 Å². The van der Waals surface area contributed by atoms with Crippen LogP contribution in [0, 0.1) is 11.3 Å². The van der Waals surface area contributed by atoms with E-state index in [1.807, 2.05) is 86.0 Å². The summed E-state index contributed by atoms with van der Waals surface area (Å²) in [5, 5.41) is 21.6. The molecule has 0 spiro atoms. The molecule has 4 aromatic carbocycles. The molecule has 0 saturated heterocycles. The highest BCUT2D eigenvalue weighted by atomic mass is 16.5. The van der Waals surface area contributed by atoms with Gasteiger partial charge in [0.15, 0.2) is 0 Å². The maximum Gasteiger partial charge on any atom is 0.255 e. The quantitative estimate of drug-likeness (QED) is 0.241. The van der Waals surface area contributed by atoms with Gasteiger partial charge in [0, 0.05) is 59.9 Å². The largest absolute Gasteiger partial charge is 0.497 e. The molecule has 0 aliphatic rings. The predicted octanol–water partition coefficient (Wildman–Crippen LogP) is 5.93. The van der Waals surface area contributed by atoms with Crippen molar-refractivity contribution in [3.63, 3.8) is 0 Å². The van der Waals surface area contributed by atoms with Crippen molar-refractivity contribution in [1.29, 1.82) is 5.26 Å². The number of H-pyrrole nitrogens is 1. The van der Waals surface area contributed by atoms with Crippen LogP contribution >= 0.6 is 0 Å². The third-order valence-electron chi connectivity index (χ3n) is 7.66. The minimum atomic E-state index is -0.148. The minimum absolute atomic E-state index is 0.148. The summed E-state index contributed by atoms with van der Waals surface area (Å²) in [6.07, 6.45) is 3.57. The minimum Gasteiger partial charge on any atom is -0.497 e. The molecule has 0 fully saturated rings. The number of hydrogen-bond acceptors (Lipinski definition) is 6. The molecule has 2 N–H and O–H groups in total. The first-order chi connectivity index (χ1) is 20.5. The average molecular weight is 556 g/mol. The normalized spacial score (nSPS) is 11.1. The average Bonchev–Trinajstić information content (AvgIpc) is 3.42. The molecule has 8 nitrogen and oxygen atoms in total. The Balaban J connectivity index is 1.38. The van der Waals surface area contributed by atoms with Crippen LogP contribution in [0.25, 0.3) is 43.9 Å². The molecular weight excluding hydrogens is 526 g/mol. The maximum absolute atomic E-state index is 12.8. The Kier molecular flexibility index (Phi) is 7.17. The number of rotatable bonds is 8. The van der Waals surface area contributed by atoms with Gasteiger partial charge in [-0.1, -0.05) is 48.5 Å². The molecule has 2 aromatic heterocycles. The van der Waals surface area contributed by atoms with Crippen LogP contribution in [0.3, 0.4) is 0 Å². The Morgan fingerprint density at radius 3 is 2.55 bits per heavy atom. The van der Waals surface area contributed by atoms with Crippen LogP contribution < -0.4 is 20.3 Å². The van der Waals surface area contributed by atoms with Gasteiger partial charge < -0.3 is 19.8 Å². The summed E-state index contributed by atoms with van der Waals surface area (Å²) >= 11 is 0. The summed E-state index contributed by atoms with van der Waals surface area (Å²) in [7, 11) is 5.14. The third kappa shape index (κ3) is 4.76. The van der Waals surface area contributed by atoms with Crippen molar-refractivity contribution in [3.8, 4) is 40.0 Å². The number of aromatic nitrogens is 3. The zero-order chi connectivity index (χ0) is 29.2. The van der Waals surface area contributed by atoms with Crippen molar-refractivity contribution >= 4 is 21.5 Å². The van der Waals surface area contributed by atoms with Gasteiger partial charge in [-0.05, 0) is 40.1 Å². The van der Waals surface area contributed by atoms with Crippen molar-refractivity contribution in [2.45, 2.75) is 13.1 Å². The van der Waals surface area contributed by atoms with E-state index < -0.39 is 0 Å². The number of ether oxygens (including phenoxy) is 2. The molecule has 0 aliphatic heterocycles. The maximum atomic E-state index is 12.8. The number of aromatic amines is 1. The Labute approximate surface area is 242 Å². The SMILES string of the molecule is COc1ccc(CNCc2c[nH]c(=O)c3ccc(-c4cnn(C)c4-c4ccc5ccccc5c4C#N)cc23)c(OC)c1. The number of aryl methyl sites for hydroxylation is 1. The highest BCUT2D eigenvalue weighted by Crippen LogP contribution is 2.37. The fraction of sp³-hybridized carbons (Fsp3) is 0.147. The van der Waals surface area contributed by atoms with Crippen molar-refractivity contribution in [1.82, 2.24) is 20.1 Å². The summed E-state index contributed by atoms with van der Waals surface area (Å²) < 4.78 is 12.6. The van der Waals surface area contributed by atoms with E-state index in [1.165, 1.54) is 0 Å². The van der Waals surface area contributed by atoms with E-state index in [2.05, 4.69) is 21.5 Å². The molecular formula is C34H29N5O3. The van der Waals surface area contributed by atoms with E-state index in [1.54, 1.807) is 25.1 Å². The van der Waals surface area contributed by atoms with Crippen LogP contribution in [-0.2, 0) is 20.1 Å². The van der Waals surface area contributed by atoms with E-state index in [9.17, 15) is 10.1 Å². The second kappa shape index (κ2) is 11.2. The lowest BCUT2D eigenvalue weighted by molar-refractivity contribution is 0.390. The first-order valence-corrected chi connectivity index (χ1v) is 13.5. The molecule has 2 heterocycles. The number of nitrogens with one attached hydrogen (secondary N) is 2. The number of nitrogens with zero attached hydrogens (tertiary/aromatic N) is 3. The number of fused-ring (bicyclic) bond motifs is 2. The molecule has 8 heteroatoms. The summed E-state index contributed by atoms with van der Waals surface area (Å²) in [4.78, 5) is 15.6. The van der Waals surface area contributed by atoms with Gasteiger partial charge in [0.1, 0.15) is 17.6 Å².